The molecule has 4 aromatic rings. The highest BCUT2D eigenvalue weighted by molar-refractivity contribution is 7.07. The largest absolute Gasteiger partial charge is 0.490 e. The number of nitrogens with zero attached hydrogens (tertiary/aromatic N) is 2. The number of esters is 2. The van der Waals surface area contributed by atoms with Gasteiger partial charge in [0.1, 0.15) is 11.5 Å². The number of rotatable bonds is 10. The minimum atomic E-state index is -0.824. The number of benzene rings is 2. The molecule has 0 unspecified atom stereocenters. The predicted octanol–water partition coefficient (Wildman–Crippen LogP) is 5.30. The maximum atomic E-state index is 14.0. The number of ether oxygens (including phenoxy) is 4. The van der Waals surface area contributed by atoms with Crippen LogP contribution in [-0.2, 0) is 14.3 Å². The van der Waals surface area contributed by atoms with E-state index in [1.54, 1.807) is 68.5 Å². The van der Waals surface area contributed by atoms with Gasteiger partial charge in [0, 0.05) is 11.6 Å². The lowest BCUT2D eigenvalue weighted by molar-refractivity contribution is -0.139. The molecule has 0 N–H and O–H groups in total. The van der Waals surface area contributed by atoms with Gasteiger partial charge >= 0.3 is 11.9 Å². The fraction of sp³-hybridized carbons (Fsp3) is 0.273. The summed E-state index contributed by atoms with van der Waals surface area (Å²) in [7, 11) is 1.28. The van der Waals surface area contributed by atoms with Gasteiger partial charge in [-0.05, 0) is 75.7 Å². The fourth-order valence-electron chi connectivity index (χ4n) is 5.00. The van der Waals surface area contributed by atoms with Crippen LogP contribution in [0.2, 0.25) is 5.02 Å². The van der Waals surface area contributed by atoms with Gasteiger partial charge in [-0.2, -0.15) is 0 Å². The van der Waals surface area contributed by atoms with E-state index in [9.17, 15) is 14.4 Å². The number of fused-ring (bicyclic) bond motifs is 1. The summed E-state index contributed by atoms with van der Waals surface area (Å²) in [5, 5.41) is 0.256. The van der Waals surface area contributed by atoms with E-state index in [1.807, 2.05) is 13.8 Å². The first-order valence-corrected chi connectivity index (χ1v) is 15.5. The number of hydrogen-bond acceptors (Lipinski definition) is 10. The Bertz CT molecular complexity index is 1990. The molecule has 45 heavy (non-hydrogen) atoms. The van der Waals surface area contributed by atoms with Crippen molar-refractivity contribution >= 4 is 41.0 Å². The molecule has 0 amide bonds. The van der Waals surface area contributed by atoms with Crippen LogP contribution in [0.5, 0.6) is 11.5 Å². The minimum absolute atomic E-state index is 0.162. The monoisotopic (exact) mass is 650 g/mol. The second-order valence-corrected chi connectivity index (χ2v) is 11.2. The van der Waals surface area contributed by atoms with E-state index in [1.165, 1.54) is 23.0 Å². The van der Waals surface area contributed by atoms with Crippen LogP contribution < -0.4 is 24.4 Å². The van der Waals surface area contributed by atoms with Crippen molar-refractivity contribution in [3.8, 4) is 22.8 Å². The zero-order valence-electron chi connectivity index (χ0n) is 25.3. The van der Waals surface area contributed by atoms with Crippen LogP contribution in [0, 0.1) is 0 Å². The molecule has 0 spiro atoms. The number of carbonyl (C=O) groups excluding carboxylic acids is 2. The Kier molecular flexibility index (Phi) is 9.60. The molecule has 2 aromatic heterocycles. The molecule has 0 aliphatic carbocycles. The van der Waals surface area contributed by atoms with E-state index in [2.05, 4.69) is 4.99 Å². The fourth-order valence-corrected chi connectivity index (χ4v) is 6.23. The maximum Gasteiger partial charge on any atom is 0.339 e. The highest BCUT2D eigenvalue weighted by Crippen LogP contribution is 2.36. The van der Waals surface area contributed by atoms with Gasteiger partial charge < -0.3 is 23.4 Å². The number of methoxy groups -OCH3 is 1. The first-order valence-electron chi connectivity index (χ1n) is 14.3. The molecule has 10 nitrogen and oxygen atoms in total. The standard InChI is InChI=1S/C33H31ClN2O8S/c1-6-41-25-13-10-20(16-26(25)42-7-2)29-28(32(39)43-8-3)18(4)35-33-36(29)30(37)27(45-33)17-21-11-14-24(44-21)19-9-12-23(34)22(15-19)31(38)40-5/h9-17,29H,6-8H2,1-5H3/b27-17-/t29-/m1/s1. The van der Waals surface area contributed by atoms with Crippen molar-refractivity contribution in [2.24, 2.45) is 4.99 Å². The molecule has 0 fully saturated rings. The van der Waals surface area contributed by atoms with Crippen molar-refractivity contribution in [1.82, 2.24) is 4.57 Å². The van der Waals surface area contributed by atoms with Crippen molar-refractivity contribution in [2.45, 2.75) is 33.7 Å². The Morgan fingerprint density at radius 1 is 1.00 bits per heavy atom. The first-order chi connectivity index (χ1) is 21.7. The second kappa shape index (κ2) is 13.6. The molecule has 1 aliphatic rings. The van der Waals surface area contributed by atoms with E-state index in [-0.39, 0.29) is 28.3 Å². The van der Waals surface area contributed by atoms with Crippen molar-refractivity contribution in [2.75, 3.05) is 26.9 Å². The molecular weight excluding hydrogens is 620 g/mol. The lowest BCUT2D eigenvalue weighted by atomic mass is 9.95. The maximum absolute atomic E-state index is 14.0. The van der Waals surface area contributed by atoms with Crippen LogP contribution in [0.15, 0.2) is 74.0 Å². The smallest absolute Gasteiger partial charge is 0.339 e. The molecule has 1 atom stereocenters. The van der Waals surface area contributed by atoms with Crippen LogP contribution in [0.3, 0.4) is 0 Å². The summed E-state index contributed by atoms with van der Waals surface area (Å²) in [5.41, 5.74) is 1.79. The van der Waals surface area contributed by atoms with Crippen LogP contribution >= 0.6 is 22.9 Å². The molecular formula is C33H31ClN2O8S. The number of allylic oxidation sites excluding steroid dienone is 1. The second-order valence-electron chi connectivity index (χ2n) is 9.76. The van der Waals surface area contributed by atoms with Gasteiger partial charge in [0.2, 0.25) is 0 Å². The summed E-state index contributed by atoms with van der Waals surface area (Å²) in [6, 6.07) is 12.9. The molecule has 2 aromatic carbocycles. The van der Waals surface area contributed by atoms with E-state index in [0.717, 1.165) is 0 Å². The SMILES string of the molecule is CCOC(=O)C1=C(C)N=c2s/c(=C\c3ccc(-c4ccc(Cl)c(C(=O)OC)c4)o3)c(=O)n2[C@@H]1c1ccc(OCC)c(OCC)c1. The van der Waals surface area contributed by atoms with Gasteiger partial charge in [0.05, 0.1) is 59.4 Å². The Hall–Kier alpha value is -4.61. The van der Waals surface area contributed by atoms with Gasteiger partial charge in [0.15, 0.2) is 16.3 Å². The lowest BCUT2D eigenvalue weighted by Gasteiger charge is -2.25. The van der Waals surface area contributed by atoms with Gasteiger partial charge in [-0.25, -0.2) is 14.6 Å². The summed E-state index contributed by atoms with van der Waals surface area (Å²) in [6.45, 7) is 8.20. The lowest BCUT2D eigenvalue weighted by Crippen LogP contribution is -2.40. The normalized spacial score (nSPS) is 14.5. The number of furan rings is 1. The molecule has 0 saturated heterocycles. The van der Waals surface area contributed by atoms with Gasteiger partial charge in [0.25, 0.3) is 5.56 Å². The van der Waals surface area contributed by atoms with E-state index in [0.29, 0.717) is 62.4 Å². The quantitative estimate of drug-likeness (QED) is 0.212. The topological polar surface area (TPSA) is 119 Å². The zero-order chi connectivity index (χ0) is 32.2. The Labute approximate surface area is 267 Å². The van der Waals surface area contributed by atoms with Crippen LogP contribution in [-0.4, -0.2) is 43.4 Å². The summed E-state index contributed by atoms with van der Waals surface area (Å²) >= 11 is 7.34. The van der Waals surface area contributed by atoms with Crippen molar-refractivity contribution in [3.05, 3.63) is 101 Å². The Morgan fingerprint density at radius 2 is 1.76 bits per heavy atom. The third-order valence-electron chi connectivity index (χ3n) is 6.96. The van der Waals surface area contributed by atoms with Crippen LogP contribution in [0.4, 0.5) is 0 Å². The third kappa shape index (κ3) is 6.31. The highest BCUT2D eigenvalue weighted by atomic mass is 35.5. The predicted molar refractivity (Wildman–Crippen MR) is 170 cm³/mol. The van der Waals surface area contributed by atoms with E-state index in [4.69, 9.17) is 35.0 Å². The average molecular weight is 651 g/mol. The number of thiazole rings is 1. The third-order valence-corrected chi connectivity index (χ3v) is 8.27. The summed E-state index contributed by atoms with van der Waals surface area (Å²) < 4.78 is 29.7. The summed E-state index contributed by atoms with van der Waals surface area (Å²) in [4.78, 5) is 44.5. The van der Waals surface area contributed by atoms with Crippen LogP contribution in [0.25, 0.3) is 17.4 Å². The molecule has 5 rings (SSSR count). The zero-order valence-corrected chi connectivity index (χ0v) is 26.9. The molecule has 234 valence electrons. The first kappa shape index (κ1) is 31.8. The molecule has 1 aliphatic heterocycles. The summed E-state index contributed by atoms with van der Waals surface area (Å²) in [5.74, 6) is 0.798. The van der Waals surface area contributed by atoms with Gasteiger partial charge in [-0.1, -0.05) is 29.0 Å². The molecule has 12 heteroatoms. The van der Waals surface area contributed by atoms with Gasteiger partial charge in [-0.15, -0.1) is 0 Å². The minimum Gasteiger partial charge on any atom is -0.490 e. The van der Waals surface area contributed by atoms with Crippen LogP contribution in [0.1, 0.15) is 55.4 Å². The molecule has 0 radical (unpaired) electrons. The molecule has 3 heterocycles. The number of aromatic nitrogens is 1. The molecule has 0 saturated carbocycles. The van der Waals surface area contributed by atoms with Crippen molar-refractivity contribution in [1.29, 1.82) is 0 Å². The number of carbonyl (C=O) groups is 2. The summed E-state index contributed by atoms with van der Waals surface area (Å²) in [6.07, 6.45) is 1.62. The van der Waals surface area contributed by atoms with Crippen molar-refractivity contribution < 1.29 is 33.0 Å². The van der Waals surface area contributed by atoms with E-state index >= 15 is 0 Å². The Balaban J connectivity index is 1.62. The average Bonchev–Trinajstić information content (AvgIpc) is 3.61. The Morgan fingerprint density at radius 3 is 2.47 bits per heavy atom. The number of halogens is 1. The highest BCUT2D eigenvalue weighted by Gasteiger charge is 2.34. The number of hydrogen-bond donors (Lipinski definition) is 0. The van der Waals surface area contributed by atoms with Gasteiger partial charge in [-0.3, -0.25) is 9.36 Å². The van der Waals surface area contributed by atoms with Crippen molar-refractivity contribution in [3.63, 3.8) is 0 Å². The van der Waals surface area contributed by atoms with E-state index < -0.39 is 18.0 Å². The molecule has 0 bridgehead atoms.